The molecule has 3 aromatic rings. The summed E-state index contributed by atoms with van der Waals surface area (Å²) in [5.41, 5.74) is -0.485. The van der Waals surface area contributed by atoms with Crippen molar-refractivity contribution in [3.05, 3.63) is 87.0 Å². The molecule has 162 valence electrons. The van der Waals surface area contributed by atoms with E-state index in [9.17, 15) is 28.1 Å². The van der Waals surface area contributed by atoms with E-state index < -0.39 is 22.6 Å². The molecule has 6 nitrogen and oxygen atoms in total. The van der Waals surface area contributed by atoms with Gasteiger partial charge in [-0.3, -0.25) is 19.8 Å². The van der Waals surface area contributed by atoms with Crippen molar-refractivity contribution in [3.8, 4) is 11.3 Å². The molecule has 0 N–H and O–H groups in total. The van der Waals surface area contributed by atoms with E-state index in [4.69, 9.17) is 16.6 Å². The summed E-state index contributed by atoms with van der Waals surface area (Å²) in [5, 5.41) is 11.0. The Bertz CT molecular complexity index is 1280. The lowest BCUT2D eigenvalue weighted by Gasteiger charge is -2.16. The fourth-order valence-electron chi connectivity index (χ4n) is 3.00. The van der Waals surface area contributed by atoms with Crippen molar-refractivity contribution < 1.29 is 27.3 Å². The normalized spacial score (nSPS) is 15.6. The number of carbonyl (C=O) groups is 1. The maximum atomic E-state index is 13.0. The number of nitrogens with zero attached hydrogens (tertiary/aromatic N) is 2. The monoisotopic (exact) mass is 476 g/mol. The highest BCUT2D eigenvalue weighted by atomic mass is 32.2. The average molecular weight is 476 g/mol. The predicted octanol–water partition coefficient (Wildman–Crippen LogP) is 6.28. The molecule has 1 aromatic heterocycles. The van der Waals surface area contributed by atoms with Crippen molar-refractivity contribution in [2.75, 3.05) is 4.90 Å². The Morgan fingerprint density at radius 1 is 1.09 bits per heavy atom. The van der Waals surface area contributed by atoms with Gasteiger partial charge in [0, 0.05) is 23.8 Å². The highest BCUT2D eigenvalue weighted by Gasteiger charge is 2.36. The van der Waals surface area contributed by atoms with Gasteiger partial charge in [-0.1, -0.05) is 42.2 Å². The summed E-state index contributed by atoms with van der Waals surface area (Å²) in [4.78, 5) is 24.5. The molecular formula is C21H11F3N2O4S2. The number of thiocarbonyl (C=S) groups is 1. The smallest absolute Gasteiger partial charge is 0.416 e. The lowest BCUT2D eigenvalue weighted by Crippen LogP contribution is -2.27. The number of benzene rings is 2. The van der Waals surface area contributed by atoms with E-state index in [1.54, 1.807) is 18.2 Å². The zero-order chi connectivity index (χ0) is 23.0. The summed E-state index contributed by atoms with van der Waals surface area (Å²) in [6, 6.07) is 13.4. The quantitative estimate of drug-likeness (QED) is 0.191. The Morgan fingerprint density at radius 2 is 1.84 bits per heavy atom. The first kappa shape index (κ1) is 21.8. The Labute approximate surface area is 188 Å². The number of rotatable bonds is 4. The number of thioether (sulfide) groups is 1. The van der Waals surface area contributed by atoms with Crippen LogP contribution in [-0.2, 0) is 11.0 Å². The second kappa shape index (κ2) is 8.24. The van der Waals surface area contributed by atoms with Crippen molar-refractivity contribution in [3.63, 3.8) is 0 Å². The van der Waals surface area contributed by atoms with Crippen LogP contribution >= 0.6 is 24.0 Å². The maximum absolute atomic E-state index is 13.0. The number of furan rings is 1. The van der Waals surface area contributed by atoms with Gasteiger partial charge in [-0.2, -0.15) is 13.2 Å². The summed E-state index contributed by atoms with van der Waals surface area (Å²) >= 11 is 6.14. The number of alkyl halides is 3. The van der Waals surface area contributed by atoms with Crippen molar-refractivity contribution in [1.29, 1.82) is 0 Å². The van der Waals surface area contributed by atoms with Crippen LogP contribution in [0.2, 0.25) is 0 Å². The molecule has 0 atom stereocenters. The number of nitro groups is 1. The highest BCUT2D eigenvalue weighted by molar-refractivity contribution is 8.27. The third kappa shape index (κ3) is 4.30. The van der Waals surface area contributed by atoms with Crippen molar-refractivity contribution >= 4 is 51.7 Å². The molecule has 0 saturated carbocycles. The fourth-order valence-corrected chi connectivity index (χ4v) is 4.28. The lowest BCUT2D eigenvalue weighted by atomic mass is 10.1. The fraction of sp³-hybridized carbons (Fsp3) is 0.0476. The van der Waals surface area contributed by atoms with Gasteiger partial charge in [0.05, 0.1) is 21.1 Å². The van der Waals surface area contributed by atoms with Gasteiger partial charge in [0.2, 0.25) is 0 Å². The van der Waals surface area contributed by atoms with Crippen molar-refractivity contribution in [2.24, 2.45) is 0 Å². The molecular weight excluding hydrogens is 465 g/mol. The van der Waals surface area contributed by atoms with Crippen LogP contribution in [0, 0.1) is 10.1 Å². The van der Waals surface area contributed by atoms with Gasteiger partial charge < -0.3 is 4.42 Å². The standard InChI is InChI=1S/C21H11F3N2O4S2/c22-21(23,24)13-4-2-5-14(10-13)25-19(27)18(32-20(25)31)11-16-7-8-17(30-16)12-3-1-6-15(9-12)26(28)29/h1-11H/b18-11+. The molecule has 1 aliphatic rings. The van der Waals surface area contributed by atoms with Gasteiger partial charge in [-0.05, 0) is 30.3 Å². The Morgan fingerprint density at radius 3 is 2.56 bits per heavy atom. The van der Waals surface area contributed by atoms with Gasteiger partial charge >= 0.3 is 6.18 Å². The molecule has 1 saturated heterocycles. The first-order valence-electron chi connectivity index (χ1n) is 8.93. The van der Waals surface area contributed by atoms with Crippen LogP contribution in [0.25, 0.3) is 17.4 Å². The number of halogens is 3. The van der Waals surface area contributed by atoms with E-state index >= 15 is 0 Å². The van der Waals surface area contributed by atoms with Crippen LogP contribution < -0.4 is 4.90 Å². The maximum Gasteiger partial charge on any atom is 0.416 e. The summed E-state index contributed by atoms with van der Waals surface area (Å²) in [6.07, 6.45) is -3.13. The van der Waals surface area contributed by atoms with E-state index in [1.807, 2.05) is 0 Å². The number of nitro benzene ring substituents is 1. The zero-order valence-corrected chi connectivity index (χ0v) is 17.5. The second-order valence-electron chi connectivity index (χ2n) is 6.57. The number of amides is 1. The van der Waals surface area contributed by atoms with Gasteiger partial charge in [0.1, 0.15) is 11.5 Å². The van der Waals surface area contributed by atoms with Gasteiger partial charge in [0.25, 0.3) is 11.6 Å². The molecule has 1 amide bonds. The minimum Gasteiger partial charge on any atom is -0.457 e. The van der Waals surface area contributed by atoms with Crippen LogP contribution in [0.4, 0.5) is 24.5 Å². The minimum absolute atomic E-state index is 0.0162. The molecule has 0 radical (unpaired) electrons. The van der Waals surface area contributed by atoms with E-state index in [2.05, 4.69) is 0 Å². The zero-order valence-electron chi connectivity index (χ0n) is 15.8. The summed E-state index contributed by atoms with van der Waals surface area (Å²) < 4.78 is 44.8. The van der Waals surface area contributed by atoms with E-state index in [-0.39, 0.29) is 26.4 Å². The van der Waals surface area contributed by atoms with Gasteiger partial charge in [-0.15, -0.1) is 0 Å². The highest BCUT2D eigenvalue weighted by Crippen LogP contribution is 2.39. The van der Waals surface area contributed by atoms with E-state index in [1.165, 1.54) is 36.4 Å². The predicted molar refractivity (Wildman–Crippen MR) is 118 cm³/mol. The second-order valence-corrected chi connectivity index (χ2v) is 8.25. The minimum atomic E-state index is -4.55. The van der Waals surface area contributed by atoms with Crippen LogP contribution in [0.1, 0.15) is 11.3 Å². The number of carbonyl (C=O) groups excluding carboxylic acids is 1. The number of hydrogen-bond acceptors (Lipinski definition) is 6. The molecule has 11 heteroatoms. The first-order valence-corrected chi connectivity index (χ1v) is 10.2. The molecule has 1 fully saturated rings. The summed E-state index contributed by atoms with van der Waals surface area (Å²) in [5.74, 6) is 0.0666. The summed E-state index contributed by atoms with van der Waals surface area (Å²) in [6.45, 7) is 0. The molecule has 0 bridgehead atoms. The van der Waals surface area contributed by atoms with Crippen LogP contribution in [-0.4, -0.2) is 15.2 Å². The molecule has 0 aliphatic carbocycles. The summed E-state index contributed by atoms with van der Waals surface area (Å²) in [7, 11) is 0. The van der Waals surface area contributed by atoms with Crippen LogP contribution in [0.15, 0.2) is 70.0 Å². The lowest BCUT2D eigenvalue weighted by molar-refractivity contribution is -0.384. The van der Waals surface area contributed by atoms with Crippen LogP contribution in [0.3, 0.4) is 0 Å². The molecule has 32 heavy (non-hydrogen) atoms. The van der Waals surface area contributed by atoms with Crippen LogP contribution in [0.5, 0.6) is 0 Å². The Kier molecular flexibility index (Phi) is 5.61. The molecule has 0 spiro atoms. The third-order valence-corrected chi connectivity index (χ3v) is 5.77. The largest absolute Gasteiger partial charge is 0.457 e. The third-order valence-electron chi connectivity index (χ3n) is 4.47. The molecule has 0 unspecified atom stereocenters. The molecule has 4 rings (SSSR count). The topological polar surface area (TPSA) is 76.6 Å². The molecule has 1 aliphatic heterocycles. The molecule has 2 heterocycles. The molecule has 2 aromatic carbocycles. The van der Waals surface area contributed by atoms with Gasteiger partial charge in [0.15, 0.2) is 4.32 Å². The Balaban J connectivity index is 1.61. The Hall–Kier alpha value is -3.44. The average Bonchev–Trinajstić information content (AvgIpc) is 3.32. The number of non-ortho nitro benzene ring substituents is 1. The van der Waals surface area contributed by atoms with E-state index in [0.29, 0.717) is 11.3 Å². The van der Waals surface area contributed by atoms with Gasteiger partial charge in [-0.25, -0.2) is 0 Å². The number of hydrogen-bond donors (Lipinski definition) is 0. The first-order chi connectivity index (χ1) is 15.1. The van der Waals surface area contributed by atoms with E-state index in [0.717, 1.165) is 28.8 Å². The SMILES string of the molecule is O=C1/C(=C\c2ccc(-c3cccc([N+](=O)[O-])c3)o2)SC(=S)N1c1cccc(C(F)(F)F)c1. The van der Waals surface area contributed by atoms with Crippen molar-refractivity contribution in [1.82, 2.24) is 0 Å². The van der Waals surface area contributed by atoms with Crippen molar-refractivity contribution in [2.45, 2.75) is 6.18 Å². The number of anilines is 1.